The number of rotatable bonds is 5. The van der Waals surface area contributed by atoms with E-state index in [1.807, 2.05) is 37.3 Å². The van der Waals surface area contributed by atoms with Crippen LogP contribution in [0.25, 0.3) is 0 Å². The summed E-state index contributed by atoms with van der Waals surface area (Å²) in [5, 5.41) is 9.26. The second-order valence-corrected chi connectivity index (χ2v) is 4.40. The molecule has 1 aromatic carbocycles. The van der Waals surface area contributed by atoms with Gasteiger partial charge in [0.1, 0.15) is 12.2 Å². The number of hydrogen-bond acceptors (Lipinski definition) is 4. The lowest BCUT2D eigenvalue weighted by atomic mass is 10.1. The third-order valence-electron chi connectivity index (χ3n) is 2.84. The molecule has 0 aliphatic heterocycles. The summed E-state index contributed by atoms with van der Waals surface area (Å²) >= 11 is 0. The molecule has 0 aliphatic rings. The van der Waals surface area contributed by atoms with Crippen molar-refractivity contribution in [2.24, 2.45) is 5.73 Å². The molecule has 0 bridgehead atoms. The molecule has 0 saturated heterocycles. The van der Waals surface area contributed by atoms with Crippen molar-refractivity contribution < 1.29 is 4.79 Å². The Morgan fingerprint density at radius 1 is 1.42 bits per heavy atom. The van der Waals surface area contributed by atoms with Crippen LogP contribution < -0.4 is 11.1 Å². The smallest absolute Gasteiger partial charge is 0.237 e. The molecule has 19 heavy (non-hydrogen) atoms. The van der Waals surface area contributed by atoms with Gasteiger partial charge in [-0.25, -0.2) is 4.98 Å². The highest BCUT2D eigenvalue weighted by molar-refractivity contribution is 5.82. The molecule has 0 radical (unpaired) electrons. The molecule has 2 unspecified atom stereocenters. The highest BCUT2D eigenvalue weighted by Gasteiger charge is 2.18. The first-order valence-electron chi connectivity index (χ1n) is 6.12. The molecule has 2 atom stereocenters. The molecular weight excluding hydrogens is 242 g/mol. The number of amides is 1. The first kappa shape index (κ1) is 13.2. The monoisotopic (exact) mass is 259 g/mol. The van der Waals surface area contributed by atoms with Gasteiger partial charge in [0.15, 0.2) is 0 Å². The minimum atomic E-state index is -0.576. The van der Waals surface area contributed by atoms with Crippen LogP contribution in [0.3, 0.4) is 0 Å². The molecule has 100 valence electrons. The molecule has 1 aromatic heterocycles. The van der Waals surface area contributed by atoms with E-state index in [1.165, 1.54) is 6.33 Å². The zero-order chi connectivity index (χ0) is 13.7. The maximum atomic E-state index is 12.0. The van der Waals surface area contributed by atoms with Crippen LogP contribution in [0.2, 0.25) is 0 Å². The van der Waals surface area contributed by atoms with Gasteiger partial charge in [-0.1, -0.05) is 30.3 Å². The van der Waals surface area contributed by atoms with Crippen molar-refractivity contribution in [3.8, 4) is 0 Å². The predicted octanol–water partition coefficient (Wildman–Crippen LogP) is 0.552. The lowest BCUT2D eigenvalue weighted by Crippen LogP contribution is -2.43. The van der Waals surface area contributed by atoms with Gasteiger partial charge in [-0.2, -0.15) is 5.10 Å². The predicted molar refractivity (Wildman–Crippen MR) is 71.1 cm³/mol. The number of nitrogens with zero attached hydrogens (tertiary/aromatic N) is 2. The van der Waals surface area contributed by atoms with E-state index in [4.69, 9.17) is 5.73 Å². The van der Waals surface area contributed by atoms with Gasteiger partial charge in [0.2, 0.25) is 5.91 Å². The van der Waals surface area contributed by atoms with E-state index < -0.39 is 6.04 Å². The summed E-state index contributed by atoms with van der Waals surface area (Å²) in [4.78, 5) is 15.9. The molecule has 4 N–H and O–H groups in total. The van der Waals surface area contributed by atoms with E-state index in [2.05, 4.69) is 20.5 Å². The molecule has 0 spiro atoms. The third kappa shape index (κ3) is 3.62. The van der Waals surface area contributed by atoms with Crippen LogP contribution in [0.5, 0.6) is 0 Å². The molecule has 1 heterocycles. The van der Waals surface area contributed by atoms with Gasteiger partial charge in [0.25, 0.3) is 0 Å². The lowest BCUT2D eigenvalue weighted by Gasteiger charge is -2.15. The summed E-state index contributed by atoms with van der Waals surface area (Å²) in [6, 6.07) is 8.87. The highest BCUT2D eigenvalue weighted by Crippen LogP contribution is 2.06. The van der Waals surface area contributed by atoms with E-state index in [9.17, 15) is 4.79 Å². The number of benzene rings is 1. The van der Waals surface area contributed by atoms with Crippen LogP contribution in [0.15, 0.2) is 36.7 Å². The molecular formula is C13H17N5O. The second-order valence-electron chi connectivity index (χ2n) is 4.40. The largest absolute Gasteiger partial charge is 0.345 e. The summed E-state index contributed by atoms with van der Waals surface area (Å²) in [5.41, 5.74) is 6.93. The fourth-order valence-electron chi connectivity index (χ4n) is 1.77. The van der Waals surface area contributed by atoms with Crippen molar-refractivity contribution in [2.75, 3.05) is 0 Å². The Morgan fingerprint density at radius 3 is 2.79 bits per heavy atom. The standard InChI is InChI=1S/C13H17N5O/c1-9(12-15-8-16-18-12)17-13(19)11(14)7-10-5-3-2-4-6-10/h2-6,8-9,11H,7,14H2,1H3,(H,17,19)(H,15,16,18). The molecule has 2 aromatic rings. The number of H-pyrrole nitrogens is 1. The maximum Gasteiger partial charge on any atom is 0.237 e. The van der Waals surface area contributed by atoms with Crippen LogP contribution in [-0.2, 0) is 11.2 Å². The van der Waals surface area contributed by atoms with E-state index >= 15 is 0 Å². The van der Waals surface area contributed by atoms with E-state index in [0.717, 1.165) is 5.56 Å². The Balaban J connectivity index is 1.89. The minimum absolute atomic E-state index is 0.201. The molecule has 2 rings (SSSR count). The average Bonchev–Trinajstić information content (AvgIpc) is 2.93. The third-order valence-corrected chi connectivity index (χ3v) is 2.84. The topological polar surface area (TPSA) is 96.7 Å². The summed E-state index contributed by atoms with van der Waals surface area (Å²) in [6.45, 7) is 1.83. The van der Waals surface area contributed by atoms with Crippen molar-refractivity contribution in [2.45, 2.75) is 25.4 Å². The maximum absolute atomic E-state index is 12.0. The first-order chi connectivity index (χ1) is 9.16. The van der Waals surface area contributed by atoms with E-state index in [1.54, 1.807) is 0 Å². The average molecular weight is 259 g/mol. The number of aromatic amines is 1. The summed E-state index contributed by atoms with van der Waals surface area (Å²) in [6.07, 6.45) is 1.91. The quantitative estimate of drug-likeness (QED) is 0.730. The van der Waals surface area contributed by atoms with Gasteiger partial charge in [-0.15, -0.1) is 0 Å². The summed E-state index contributed by atoms with van der Waals surface area (Å²) < 4.78 is 0. The first-order valence-corrected chi connectivity index (χ1v) is 6.12. The minimum Gasteiger partial charge on any atom is -0.345 e. The number of nitrogens with two attached hydrogens (primary N) is 1. The summed E-state index contributed by atoms with van der Waals surface area (Å²) in [7, 11) is 0. The van der Waals surface area contributed by atoms with Crippen LogP contribution >= 0.6 is 0 Å². The summed E-state index contributed by atoms with van der Waals surface area (Å²) in [5.74, 6) is 0.410. The van der Waals surface area contributed by atoms with Crippen molar-refractivity contribution in [3.63, 3.8) is 0 Å². The van der Waals surface area contributed by atoms with E-state index in [0.29, 0.717) is 12.2 Å². The zero-order valence-electron chi connectivity index (χ0n) is 10.7. The second kappa shape index (κ2) is 6.10. The SMILES string of the molecule is CC(NC(=O)C(N)Cc1ccccc1)c1ncn[nH]1. The number of hydrogen-bond donors (Lipinski definition) is 3. The van der Waals surface area contributed by atoms with Gasteiger partial charge in [0.05, 0.1) is 12.1 Å². The van der Waals surface area contributed by atoms with Gasteiger partial charge in [-0.05, 0) is 18.9 Å². The zero-order valence-corrected chi connectivity index (χ0v) is 10.7. The molecule has 1 amide bonds. The van der Waals surface area contributed by atoms with Gasteiger partial charge >= 0.3 is 0 Å². The van der Waals surface area contributed by atoms with Crippen LogP contribution in [0.1, 0.15) is 24.4 Å². The van der Waals surface area contributed by atoms with Crippen molar-refractivity contribution in [1.82, 2.24) is 20.5 Å². The fourth-order valence-corrected chi connectivity index (χ4v) is 1.77. The van der Waals surface area contributed by atoms with Crippen molar-refractivity contribution in [1.29, 1.82) is 0 Å². The Kier molecular flexibility index (Phi) is 4.25. The number of carbonyl (C=O) groups excluding carboxylic acids is 1. The Labute approximate surface area is 111 Å². The van der Waals surface area contributed by atoms with Crippen LogP contribution in [0.4, 0.5) is 0 Å². The number of aromatic nitrogens is 3. The number of carbonyl (C=O) groups is 1. The fraction of sp³-hybridized carbons (Fsp3) is 0.308. The normalized spacial score (nSPS) is 13.8. The van der Waals surface area contributed by atoms with Gasteiger partial charge in [-0.3, -0.25) is 9.89 Å². The Morgan fingerprint density at radius 2 is 2.16 bits per heavy atom. The van der Waals surface area contributed by atoms with Crippen molar-refractivity contribution >= 4 is 5.91 Å². The molecule has 6 nitrogen and oxygen atoms in total. The molecule has 0 aliphatic carbocycles. The molecule has 0 saturated carbocycles. The highest BCUT2D eigenvalue weighted by atomic mass is 16.2. The van der Waals surface area contributed by atoms with E-state index in [-0.39, 0.29) is 11.9 Å². The van der Waals surface area contributed by atoms with Gasteiger partial charge in [0, 0.05) is 0 Å². The molecule has 6 heteroatoms. The number of nitrogens with one attached hydrogen (secondary N) is 2. The lowest BCUT2D eigenvalue weighted by molar-refractivity contribution is -0.123. The van der Waals surface area contributed by atoms with Crippen molar-refractivity contribution in [3.05, 3.63) is 48.0 Å². The van der Waals surface area contributed by atoms with Crippen LogP contribution in [0, 0.1) is 0 Å². The van der Waals surface area contributed by atoms with Crippen LogP contribution in [-0.4, -0.2) is 27.1 Å². The molecule has 0 fully saturated rings. The Bertz CT molecular complexity index is 511. The Hall–Kier alpha value is -2.21. The van der Waals surface area contributed by atoms with Gasteiger partial charge < -0.3 is 11.1 Å².